The predicted octanol–water partition coefficient (Wildman–Crippen LogP) is 5.60. The number of hydrogen-bond acceptors (Lipinski definition) is 4. The number of aryl methyl sites for hydroxylation is 4. The summed E-state index contributed by atoms with van der Waals surface area (Å²) in [6.07, 6.45) is 3.92. The van der Waals surface area contributed by atoms with Crippen molar-refractivity contribution < 1.29 is 4.42 Å². The first-order valence-electron chi connectivity index (χ1n) is 10.2. The summed E-state index contributed by atoms with van der Waals surface area (Å²) >= 11 is 0. The molecule has 30 heavy (non-hydrogen) atoms. The second kappa shape index (κ2) is 7.48. The summed E-state index contributed by atoms with van der Waals surface area (Å²) in [6, 6.07) is 9.94. The van der Waals surface area contributed by atoms with Crippen molar-refractivity contribution in [3.05, 3.63) is 81.0 Å². The van der Waals surface area contributed by atoms with Crippen LogP contribution in [0.5, 0.6) is 0 Å². The molecule has 0 amide bonds. The average Bonchev–Trinajstić information content (AvgIpc) is 3.12. The van der Waals surface area contributed by atoms with Crippen LogP contribution in [0.3, 0.4) is 0 Å². The zero-order chi connectivity index (χ0) is 21.6. The first kappa shape index (κ1) is 20.0. The maximum atomic E-state index is 13.2. The second-order valence-electron chi connectivity index (χ2n) is 8.13. The molecule has 1 unspecified atom stereocenters. The van der Waals surface area contributed by atoms with E-state index in [1.54, 1.807) is 0 Å². The summed E-state index contributed by atoms with van der Waals surface area (Å²) in [7, 11) is 1.96. The lowest BCUT2D eigenvalue weighted by molar-refractivity contribution is 0.605. The molecular weight excluding hydrogens is 374 g/mol. The summed E-state index contributed by atoms with van der Waals surface area (Å²) in [5, 5.41) is 4.16. The summed E-state index contributed by atoms with van der Waals surface area (Å²) in [5.74, 6) is 0.624. The molecule has 3 aromatic heterocycles. The molecule has 0 bridgehead atoms. The van der Waals surface area contributed by atoms with E-state index in [0.717, 1.165) is 33.8 Å². The third kappa shape index (κ3) is 3.52. The van der Waals surface area contributed by atoms with E-state index < -0.39 is 0 Å². The van der Waals surface area contributed by atoms with Crippen LogP contribution in [-0.4, -0.2) is 9.55 Å². The zero-order valence-corrected chi connectivity index (χ0v) is 18.3. The van der Waals surface area contributed by atoms with Crippen LogP contribution in [0.15, 0.2) is 51.9 Å². The molecular formula is C25H27N3O2. The molecule has 1 N–H and O–H groups in total. The molecule has 0 saturated heterocycles. The SMILES string of the molecule is Cc1cc(C(C)Nc2ccc(C)nc2C)c2oc(-c3ccn(C)c3)c(C)c(=O)c2c1. The number of aromatic nitrogens is 2. The van der Waals surface area contributed by atoms with Crippen molar-refractivity contribution in [2.24, 2.45) is 7.05 Å². The fourth-order valence-electron chi connectivity index (χ4n) is 3.95. The van der Waals surface area contributed by atoms with Gasteiger partial charge in [0.2, 0.25) is 0 Å². The van der Waals surface area contributed by atoms with Crippen molar-refractivity contribution in [3.63, 3.8) is 0 Å². The second-order valence-corrected chi connectivity index (χ2v) is 8.13. The predicted molar refractivity (Wildman–Crippen MR) is 122 cm³/mol. The van der Waals surface area contributed by atoms with Crippen molar-refractivity contribution >= 4 is 16.7 Å². The fourth-order valence-corrected chi connectivity index (χ4v) is 3.95. The Labute approximate surface area is 176 Å². The molecule has 0 spiro atoms. The van der Waals surface area contributed by atoms with E-state index >= 15 is 0 Å². The van der Waals surface area contributed by atoms with Crippen LogP contribution in [0, 0.1) is 27.7 Å². The Morgan fingerprint density at radius 3 is 2.53 bits per heavy atom. The molecule has 1 atom stereocenters. The minimum atomic E-state index is -0.0647. The summed E-state index contributed by atoms with van der Waals surface area (Å²) in [6.45, 7) is 9.90. The molecule has 0 fully saturated rings. The fraction of sp³-hybridized carbons (Fsp3) is 0.280. The number of fused-ring (bicyclic) bond motifs is 1. The molecule has 3 heterocycles. The van der Waals surface area contributed by atoms with Crippen molar-refractivity contribution in [1.29, 1.82) is 0 Å². The third-order valence-electron chi connectivity index (χ3n) is 5.55. The van der Waals surface area contributed by atoms with E-state index in [1.165, 1.54) is 0 Å². The number of nitrogens with one attached hydrogen (secondary N) is 1. The number of hydrogen-bond donors (Lipinski definition) is 1. The first-order valence-corrected chi connectivity index (χ1v) is 10.2. The van der Waals surface area contributed by atoms with Crippen LogP contribution in [0.1, 0.15) is 41.0 Å². The van der Waals surface area contributed by atoms with Gasteiger partial charge in [-0.3, -0.25) is 9.78 Å². The summed E-state index contributed by atoms with van der Waals surface area (Å²) < 4.78 is 8.35. The van der Waals surface area contributed by atoms with Gasteiger partial charge < -0.3 is 14.3 Å². The van der Waals surface area contributed by atoms with Gasteiger partial charge in [0.05, 0.1) is 22.8 Å². The maximum Gasteiger partial charge on any atom is 0.196 e. The lowest BCUT2D eigenvalue weighted by atomic mass is 9.99. The molecule has 4 aromatic rings. The normalized spacial score (nSPS) is 12.3. The third-order valence-corrected chi connectivity index (χ3v) is 5.55. The highest BCUT2D eigenvalue weighted by atomic mass is 16.3. The van der Waals surface area contributed by atoms with E-state index in [1.807, 2.05) is 76.0 Å². The first-order chi connectivity index (χ1) is 14.2. The van der Waals surface area contributed by atoms with E-state index in [-0.39, 0.29) is 11.5 Å². The summed E-state index contributed by atoms with van der Waals surface area (Å²) in [4.78, 5) is 17.8. The Kier molecular flexibility index (Phi) is 4.98. The lowest BCUT2D eigenvalue weighted by Gasteiger charge is -2.19. The molecule has 5 heteroatoms. The number of pyridine rings is 1. The Morgan fingerprint density at radius 2 is 1.87 bits per heavy atom. The molecule has 0 aliphatic heterocycles. The van der Waals surface area contributed by atoms with Gasteiger partial charge in [-0.05, 0) is 64.4 Å². The topological polar surface area (TPSA) is 60.1 Å². The molecule has 0 aliphatic rings. The van der Waals surface area contributed by atoms with Crippen LogP contribution >= 0.6 is 0 Å². The van der Waals surface area contributed by atoms with Gasteiger partial charge in [0.15, 0.2) is 5.43 Å². The van der Waals surface area contributed by atoms with Gasteiger partial charge in [0, 0.05) is 41.8 Å². The quantitative estimate of drug-likeness (QED) is 0.483. The number of rotatable bonds is 4. The van der Waals surface area contributed by atoms with Gasteiger partial charge in [-0.25, -0.2) is 0 Å². The van der Waals surface area contributed by atoms with Crippen molar-refractivity contribution in [3.8, 4) is 11.3 Å². The molecule has 154 valence electrons. The molecule has 1 aromatic carbocycles. The molecule has 0 radical (unpaired) electrons. The van der Waals surface area contributed by atoms with Crippen LogP contribution < -0.4 is 10.7 Å². The van der Waals surface area contributed by atoms with Crippen molar-refractivity contribution in [2.75, 3.05) is 5.32 Å². The van der Waals surface area contributed by atoms with Crippen LogP contribution in [-0.2, 0) is 7.05 Å². The van der Waals surface area contributed by atoms with Crippen LogP contribution in [0.25, 0.3) is 22.3 Å². The van der Waals surface area contributed by atoms with Gasteiger partial charge in [0.25, 0.3) is 0 Å². The lowest BCUT2D eigenvalue weighted by Crippen LogP contribution is -2.13. The van der Waals surface area contributed by atoms with E-state index in [9.17, 15) is 4.79 Å². The largest absolute Gasteiger partial charge is 0.455 e. The Balaban J connectivity index is 1.88. The highest BCUT2D eigenvalue weighted by Gasteiger charge is 2.19. The maximum absolute atomic E-state index is 13.2. The van der Waals surface area contributed by atoms with Gasteiger partial charge >= 0.3 is 0 Å². The number of anilines is 1. The highest BCUT2D eigenvalue weighted by molar-refractivity contribution is 5.84. The standard InChI is InChI=1S/C25H27N3O2/c1-14-11-20(17(4)27-22-8-7-15(2)26-18(22)5)25-21(12-14)23(29)16(3)24(30-25)19-9-10-28(6)13-19/h7-13,17,27H,1-6H3. The van der Waals surface area contributed by atoms with Gasteiger partial charge in [-0.2, -0.15) is 0 Å². The Morgan fingerprint density at radius 1 is 1.10 bits per heavy atom. The Hall–Kier alpha value is -3.34. The molecule has 5 nitrogen and oxygen atoms in total. The van der Waals surface area contributed by atoms with E-state index in [4.69, 9.17) is 4.42 Å². The minimum Gasteiger partial charge on any atom is -0.455 e. The van der Waals surface area contributed by atoms with Crippen molar-refractivity contribution in [2.45, 2.75) is 40.7 Å². The summed E-state index contributed by atoms with van der Waals surface area (Å²) in [5.41, 5.74) is 7.07. The van der Waals surface area contributed by atoms with E-state index in [0.29, 0.717) is 22.3 Å². The van der Waals surface area contributed by atoms with Crippen LogP contribution in [0.2, 0.25) is 0 Å². The van der Waals surface area contributed by atoms with Gasteiger partial charge in [-0.15, -0.1) is 0 Å². The van der Waals surface area contributed by atoms with Gasteiger partial charge in [-0.1, -0.05) is 6.07 Å². The number of benzene rings is 1. The van der Waals surface area contributed by atoms with Crippen LogP contribution in [0.4, 0.5) is 5.69 Å². The molecule has 0 saturated carbocycles. The number of nitrogens with zero attached hydrogens (tertiary/aromatic N) is 2. The highest BCUT2D eigenvalue weighted by Crippen LogP contribution is 2.32. The average molecular weight is 402 g/mol. The Bertz CT molecular complexity index is 1310. The van der Waals surface area contributed by atoms with Crippen molar-refractivity contribution in [1.82, 2.24) is 9.55 Å². The minimum absolute atomic E-state index is 0.0143. The monoisotopic (exact) mass is 401 g/mol. The molecule has 0 aliphatic carbocycles. The smallest absolute Gasteiger partial charge is 0.196 e. The molecule has 4 rings (SSSR count). The van der Waals surface area contributed by atoms with E-state index in [2.05, 4.69) is 23.3 Å². The van der Waals surface area contributed by atoms with Gasteiger partial charge in [0.1, 0.15) is 11.3 Å². The zero-order valence-electron chi connectivity index (χ0n) is 18.3.